The van der Waals surface area contributed by atoms with Gasteiger partial charge < -0.3 is 25.7 Å². The first-order valence-electron chi connectivity index (χ1n) is 9.76. The lowest BCUT2D eigenvalue weighted by atomic mass is 9.96. The SMILES string of the molecule is CNC(=O)[C@H](CC(C)C)NC(=O)C(CC(C)C)CP(=O)(O)Cn1c(O)ccc1O. The fourth-order valence-corrected chi connectivity index (χ4v) is 5.07. The fourth-order valence-electron chi connectivity index (χ4n) is 3.21. The summed E-state index contributed by atoms with van der Waals surface area (Å²) in [4.78, 5) is 35.4. The summed E-state index contributed by atoms with van der Waals surface area (Å²) in [5.74, 6) is -1.97. The van der Waals surface area contributed by atoms with Gasteiger partial charge in [0, 0.05) is 31.3 Å². The summed E-state index contributed by atoms with van der Waals surface area (Å²) in [5, 5.41) is 24.7. The zero-order valence-corrected chi connectivity index (χ0v) is 18.6. The van der Waals surface area contributed by atoms with E-state index in [0.29, 0.717) is 12.8 Å². The van der Waals surface area contributed by atoms with Crippen molar-refractivity contribution in [1.29, 1.82) is 0 Å². The number of nitrogens with zero attached hydrogens (tertiary/aromatic N) is 1. The minimum Gasteiger partial charge on any atom is -0.494 e. The number of aromatic nitrogens is 1. The van der Waals surface area contributed by atoms with Crippen molar-refractivity contribution in [2.75, 3.05) is 13.2 Å². The molecular weight excluding hydrogens is 397 g/mol. The smallest absolute Gasteiger partial charge is 0.242 e. The summed E-state index contributed by atoms with van der Waals surface area (Å²) in [6, 6.07) is 1.71. The molecule has 1 heterocycles. The van der Waals surface area contributed by atoms with E-state index in [9.17, 15) is 29.3 Å². The molecule has 29 heavy (non-hydrogen) atoms. The summed E-state index contributed by atoms with van der Waals surface area (Å²) >= 11 is 0. The summed E-state index contributed by atoms with van der Waals surface area (Å²) in [6.45, 7) is 7.67. The maximum absolute atomic E-state index is 12.9. The van der Waals surface area contributed by atoms with Crippen LogP contribution in [0.2, 0.25) is 0 Å². The first-order valence-corrected chi connectivity index (χ1v) is 11.8. The lowest BCUT2D eigenvalue weighted by Gasteiger charge is -2.25. The molecule has 0 bridgehead atoms. The second kappa shape index (κ2) is 10.7. The molecule has 2 amide bonds. The Bertz CT molecular complexity index is 727. The van der Waals surface area contributed by atoms with Crippen molar-refractivity contribution in [3.05, 3.63) is 12.1 Å². The Hall–Kier alpha value is -1.99. The van der Waals surface area contributed by atoms with Gasteiger partial charge in [-0.15, -0.1) is 0 Å². The first kappa shape index (κ1) is 25.0. The molecule has 0 fully saturated rings. The number of carbonyl (C=O) groups is 2. The minimum absolute atomic E-state index is 0.0858. The molecule has 0 saturated carbocycles. The third kappa shape index (κ3) is 8.11. The molecule has 166 valence electrons. The van der Waals surface area contributed by atoms with E-state index in [-0.39, 0.29) is 35.7 Å². The van der Waals surface area contributed by atoms with Crippen molar-refractivity contribution in [2.45, 2.75) is 52.9 Å². The maximum atomic E-state index is 12.9. The van der Waals surface area contributed by atoms with Crippen LogP contribution in [-0.4, -0.2) is 50.7 Å². The van der Waals surface area contributed by atoms with Gasteiger partial charge in [0.2, 0.25) is 19.2 Å². The third-order valence-electron chi connectivity index (χ3n) is 4.52. The molecule has 5 N–H and O–H groups in total. The monoisotopic (exact) mass is 431 g/mol. The topological polar surface area (TPSA) is 141 Å². The van der Waals surface area contributed by atoms with E-state index in [1.807, 2.05) is 27.7 Å². The zero-order chi connectivity index (χ0) is 22.4. The lowest BCUT2D eigenvalue weighted by Crippen LogP contribution is -2.48. The van der Waals surface area contributed by atoms with Gasteiger partial charge in [-0.1, -0.05) is 27.7 Å². The molecule has 0 radical (unpaired) electrons. The Balaban J connectivity index is 2.98. The van der Waals surface area contributed by atoms with E-state index in [4.69, 9.17) is 0 Å². The Morgan fingerprint density at radius 2 is 1.55 bits per heavy atom. The van der Waals surface area contributed by atoms with E-state index in [0.717, 1.165) is 4.57 Å². The number of carbonyl (C=O) groups excluding carboxylic acids is 2. The summed E-state index contributed by atoms with van der Waals surface area (Å²) in [6.07, 6.45) is -0.0233. The minimum atomic E-state index is -3.92. The van der Waals surface area contributed by atoms with E-state index >= 15 is 0 Å². The number of hydrogen-bond donors (Lipinski definition) is 5. The number of hydrogen-bond acceptors (Lipinski definition) is 5. The van der Waals surface area contributed by atoms with Gasteiger partial charge in [-0.05, 0) is 24.7 Å². The molecule has 2 unspecified atom stereocenters. The van der Waals surface area contributed by atoms with Crippen LogP contribution < -0.4 is 10.6 Å². The number of aromatic hydroxyl groups is 2. The number of nitrogens with one attached hydrogen (secondary N) is 2. The predicted molar refractivity (Wildman–Crippen MR) is 111 cm³/mol. The van der Waals surface area contributed by atoms with Crippen molar-refractivity contribution >= 4 is 19.2 Å². The van der Waals surface area contributed by atoms with Crippen molar-refractivity contribution in [3.8, 4) is 11.8 Å². The maximum Gasteiger partial charge on any atom is 0.242 e. The van der Waals surface area contributed by atoms with E-state index < -0.39 is 31.5 Å². The molecule has 1 aromatic rings. The summed E-state index contributed by atoms with van der Waals surface area (Å²) in [7, 11) is -2.43. The van der Waals surface area contributed by atoms with Gasteiger partial charge in [0.1, 0.15) is 12.3 Å². The molecule has 10 heteroatoms. The molecule has 0 spiro atoms. The van der Waals surface area contributed by atoms with Crippen LogP contribution in [0.5, 0.6) is 11.8 Å². The molecule has 0 aromatic carbocycles. The summed E-state index contributed by atoms with van der Waals surface area (Å²) in [5.41, 5.74) is 0. The zero-order valence-electron chi connectivity index (χ0n) is 17.8. The second-order valence-electron chi connectivity index (χ2n) is 8.28. The van der Waals surface area contributed by atoms with Crippen LogP contribution in [0.4, 0.5) is 0 Å². The quantitative estimate of drug-likeness (QED) is 0.340. The molecule has 0 aliphatic carbocycles. The lowest BCUT2D eigenvalue weighted by molar-refractivity contribution is -0.131. The van der Waals surface area contributed by atoms with E-state index in [2.05, 4.69) is 10.6 Å². The van der Waals surface area contributed by atoms with Gasteiger partial charge in [0.05, 0.1) is 0 Å². The molecule has 9 nitrogen and oxygen atoms in total. The van der Waals surface area contributed by atoms with Crippen LogP contribution in [0.25, 0.3) is 0 Å². The van der Waals surface area contributed by atoms with Gasteiger partial charge >= 0.3 is 0 Å². The Labute approximate surface area is 172 Å². The first-order chi connectivity index (χ1) is 13.4. The molecule has 0 aliphatic rings. The van der Waals surface area contributed by atoms with Crippen molar-refractivity contribution in [3.63, 3.8) is 0 Å². The second-order valence-corrected chi connectivity index (χ2v) is 10.6. The summed E-state index contributed by atoms with van der Waals surface area (Å²) < 4.78 is 13.7. The molecule has 1 rings (SSSR count). The fraction of sp³-hybridized carbons (Fsp3) is 0.684. The highest BCUT2D eigenvalue weighted by Crippen LogP contribution is 2.47. The average molecular weight is 431 g/mol. The highest BCUT2D eigenvalue weighted by Gasteiger charge is 2.33. The molecule has 0 aliphatic heterocycles. The van der Waals surface area contributed by atoms with Crippen LogP contribution in [0, 0.1) is 17.8 Å². The van der Waals surface area contributed by atoms with E-state index in [1.54, 1.807) is 0 Å². The van der Waals surface area contributed by atoms with Crippen LogP contribution in [-0.2, 0) is 20.4 Å². The van der Waals surface area contributed by atoms with Crippen LogP contribution in [0.15, 0.2) is 12.1 Å². The van der Waals surface area contributed by atoms with Gasteiger partial charge in [-0.3, -0.25) is 18.7 Å². The largest absolute Gasteiger partial charge is 0.494 e. The van der Waals surface area contributed by atoms with Gasteiger partial charge in [-0.25, -0.2) is 0 Å². The number of amides is 2. The third-order valence-corrected chi connectivity index (χ3v) is 6.25. The molecule has 3 atom stereocenters. The van der Waals surface area contributed by atoms with Gasteiger partial charge in [0.15, 0.2) is 11.8 Å². The normalized spacial score (nSPS) is 15.7. The number of likely N-dealkylation sites (N-methyl/N-ethyl adjacent to an activating group) is 1. The van der Waals surface area contributed by atoms with Gasteiger partial charge in [-0.2, -0.15) is 0 Å². The highest BCUT2D eigenvalue weighted by atomic mass is 31.2. The van der Waals surface area contributed by atoms with Crippen molar-refractivity contribution < 1.29 is 29.3 Å². The number of rotatable bonds is 11. The molecular formula is C19H34N3O6P. The van der Waals surface area contributed by atoms with Crippen molar-refractivity contribution in [2.24, 2.45) is 17.8 Å². The van der Waals surface area contributed by atoms with Crippen molar-refractivity contribution in [1.82, 2.24) is 15.2 Å². The molecule has 1 aromatic heterocycles. The van der Waals surface area contributed by atoms with Gasteiger partial charge in [0.25, 0.3) is 0 Å². The van der Waals surface area contributed by atoms with E-state index in [1.165, 1.54) is 19.2 Å². The Kier molecular flexibility index (Phi) is 9.23. The Morgan fingerprint density at radius 1 is 1.03 bits per heavy atom. The Morgan fingerprint density at radius 3 is 2.00 bits per heavy atom. The predicted octanol–water partition coefficient (Wildman–Crippen LogP) is 2.07. The molecule has 0 saturated heterocycles. The van der Waals surface area contributed by atoms with Crippen LogP contribution >= 0.6 is 7.37 Å². The highest BCUT2D eigenvalue weighted by molar-refractivity contribution is 7.56. The van der Waals surface area contributed by atoms with Crippen LogP contribution in [0.3, 0.4) is 0 Å². The standard InChI is InChI=1S/C19H34N3O6P/c1-12(2)8-14(18(25)21-15(9-13(3)4)19(26)20-5)10-29(27,28)11-22-16(23)6-7-17(22)24/h6-7,12-15,23-24H,8-11H2,1-5H3,(H,20,26)(H,21,25)(H,27,28)/t14?,15-/m0/s1. The average Bonchev–Trinajstić information content (AvgIpc) is 2.90. The van der Waals surface area contributed by atoms with Crippen LogP contribution in [0.1, 0.15) is 40.5 Å².